The zero-order valence-corrected chi connectivity index (χ0v) is 11.2. The monoisotopic (exact) mass is 259 g/mol. The number of aryl methyl sites for hydroxylation is 1. The fourth-order valence-corrected chi connectivity index (χ4v) is 2.20. The van der Waals surface area contributed by atoms with Crippen molar-refractivity contribution >= 4 is 17.6 Å². The van der Waals surface area contributed by atoms with Crippen LogP contribution in [0.15, 0.2) is 30.4 Å². The molecule has 19 heavy (non-hydrogen) atoms. The number of carbonyl (C=O) groups is 2. The molecule has 0 aromatic heterocycles. The van der Waals surface area contributed by atoms with Gasteiger partial charge in [-0.25, -0.2) is 4.79 Å². The molecule has 0 bridgehead atoms. The normalized spacial score (nSPS) is 15.3. The largest absolute Gasteiger partial charge is 0.465 e. The molecule has 0 N–H and O–H groups in total. The van der Waals surface area contributed by atoms with Gasteiger partial charge in [0, 0.05) is 18.7 Å². The Bertz CT molecular complexity index is 534. The minimum absolute atomic E-state index is 0.0858. The molecule has 0 saturated carbocycles. The molecule has 4 nitrogen and oxygen atoms in total. The number of carbonyl (C=O) groups excluding carboxylic acids is 2. The number of anilines is 1. The van der Waals surface area contributed by atoms with E-state index in [2.05, 4.69) is 4.74 Å². The lowest BCUT2D eigenvalue weighted by Gasteiger charge is -2.23. The number of hydrogen-bond acceptors (Lipinski definition) is 3. The first-order chi connectivity index (χ1) is 9.13. The van der Waals surface area contributed by atoms with Crippen LogP contribution >= 0.6 is 0 Å². The lowest BCUT2D eigenvalue weighted by atomic mass is 10.1. The number of nitrogens with zero attached hydrogens (tertiary/aromatic N) is 1. The van der Waals surface area contributed by atoms with Crippen LogP contribution in [0.4, 0.5) is 5.69 Å². The number of rotatable bonds is 2. The van der Waals surface area contributed by atoms with E-state index in [-0.39, 0.29) is 11.9 Å². The van der Waals surface area contributed by atoms with Crippen LogP contribution in [-0.4, -0.2) is 25.5 Å². The number of methoxy groups -OCH3 is 1. The molecule has 1 aliphatic heterocycles. The van der Waals surface area contributed by atoms with Crippen molar-refractivity contribution in [3.8, 4) is 0 Å². The van der Waals surface area contributed by atoms with Gasteiger partial charge in [-0.2, -0.15) is 0 Å². The summed E-state index contributed by atoms with van der Waals surface area (Å²) in [6.45, 7) is 2.57. The Kier molecular flexibility index (Phi) is 4.00. The summed E-state index contributed by atoms with van der Waals surface area (Å²) in [6.07, 6.45) is 5.21. The van der Waals surface area contributed by atoms with E-state index in [0.717, 1.165) is 17.7 Å². The summed E-state index contributed by atoms with van der Waals surface area (Å²) >= 11 is 0. The van der Waals surface area contributed by atoms with Crippen molar-refractivity contribution in [3.63, 3.8) is 0 Å². The zero-order valence-electron chi connectivity index (χ0n) is 11.2. The second-order valence-corrected chi connectivity index (χ2v) is 4.50. The molecule has 0 fully saturated rings. The van der Waals surface area contributed by atoms with E-state index in [4.69, 9.17) is 0 Å². The fraction of sp³-hybridized carbons (Fsp3) is 0.333. The molecule has 1 aromatic carbocycles. The van der Waals surface area contributed by atoms with Crippen LogP contribution in [0.1, 0.15) is 28.8 Å². The van der Waals surface area contributed by atoms with Gasteiger partial charge < -0.3 is 9.64 Å². The Morgan fingerprint density at radius 1 is 1.32 bits per heavy atom. The average molecular weight is 259 g/mol. The third-order valence-corrected chi connectivity index (χ3v) is 3.19. The summed E-state index contributed by atoms with van der Waals surface area (Å²) in [7, 11) is 1.36. The first-order valence-corrected chi connectivity index (χ1v) is 6.28. The van der Waals surface area contributed by atoms with Crippen molar-refractivity contribution in [2.24, 2.45) is 0 Å². The van der Waals surface area contributed by atoms with Crippen LogP contribution in [0, 0.1) is 6.92 Å². The van der Waals surface area contributed by atoms with Crippen LogP contribution in [0.2, 0.25) is 0 Å². The van der Waals surface area contributed by atoms with Gasteiger partial charge in [0.25, 0.3) is 0 Å². The lowest BCUT2D eigenvalue weighted by Crippen LogP contribution is -2.30. The topological polar surface area (TPSA) is 46.6 Å². The van der Waals surface area contributed by atoms with Crippen LogP contribution in [-0.2, 0) is 9.53 Å². The first kappa shape index (κ1) is 13.3. The highest BCUT2D eigenvalue weighted by molar-refractivity contribution is 5.96. The molecule has 1 heterocycles. The summed E-state index contributed by atoms with van der Waals surface area (Å²) < 4.78 is 4.69. The molecule has 4 heteroatoms. The number of hydrogen-bond donors (Lipinski definition) is 0. The van der Waals surface area contributed by atoms with Crippen LogP contribution in [0.5, 0.6) is 0 Å². The number of esters is 1. The fourth-order valence-electron chi connectivity index (χ4n) is 2.20. The number of ether oxygens (including phenoxy) is 1. The summed E-state index contributed by atoms with van der Waals surface area (Å²) in [5.74, 6) is -0.277. The SMILES string of the molecule is COC(=O)c1ccc(N2CCC=CCC2=O)c(C)c1. The predicted molar refractivity (Wildman–Crippen MR) is 73.2 cm³/mol. The van der Waals surface area contributed by atoms with Gasteiger partial charge in [-0.3, -0.25) is 4.79 Å². The molecule has 100 valence electrons. The molecule has 1 amide bonds. The van der Waals surface area contributed by atoms with Crippen LogP contribution in [0.3, 0.4) is 0 Å². The molecule has 0 saturated heterocycles. The van der Waals surface area contributed by atoms with Gasteiger partial charge in [-0.15, -0.1) is 0 Å². The van der Waals surface area contributed by atoms with Crippen molar-refractivity contribution in [3.05, 3.63) is 41.5 Å². The van der Waals surface area contributed by atoms with Crippen LogP contribution in [0.25, 0.3) is 0 Å². The summed E-state index contributed by atoms with van der Waals surface area (Å²) in [6, 6.07) is 5.26. The minimum atomic E-state index is -0.362. The molecular weight excluding hydrogens is 242 g/mol. The lowest BCUT2D eigenvalue weighted by molar-refractivity contribution is -0.117. The van der Waals surface area contributed by atoms with E-state index in [1.165, 1.54) is 7.11 Å². The van der Waals surface area contributed by atoms with E-state index in [9.17, 15) is 9.59 Å². The van der Waals surface area contributed by atoms with Gasteiger partial charge in [-0.05, 0) is 37.1 Å². The smallest absolute Gasteiger partial charge is 0.337 e. The van der Waals surface area contributed by atoms with Crippen molar-refractivity contribution < 1.29 is 14.3 Å². The second kappa shape index (κ2) is 5.69. The second-order valence-electron chi connectivity index (χ2n) is 4.50. The maximum absolute atomic E-state index is 12.0. The van der Waals surface area contributed by atoms with Gasteiger partial charge in [0.05, 0.1) is 12.7 Å². The molecule has 0 aliphatic carbocycles. The standard InChI is InChI=1S/C15H17NO3/c1-11-10-12(15(18)19-2)7-8-13(11)16-9-5-3-4-6-14(16)17/h3-4,7-8,10H,5-6,9H2,1-2H3. The highest BCUT2D eigenvalue weighted by atomic mass is 16.5. The Hall–Kier alpha value is -2.10. The van der Waals surface area contributed by atoms with Crippen molar-refractivity contribution in [1.82, 2.24) is 0 Å². The van der Waals surface area contributed by atoms with Gasteiger partial charge in [0.2, 0.25) is 5.91 Å². The van der Waals surface area contributed by atoms with E-state index in [0.29, 0.717) is 18.5 Å². The average Bonchev–Trinajstić information content (AvgIpc) is 2.62. The summed E-state index contributed by atoms with van der Waals surface area (Å²) in [5.41, 5.74) is 2.27. The predicted octanol–water partition coefficient (Wildman–Crippen LogP) is 2.46. The van der Waals surface area contributed by atoms with Crippen LogP contribution < -0.4 is 4.90 Å². The Balaban J connectivity index is 2.30. The Morgan fingerprint density at radius 2 is 2.11 bits per heavy atom. The molecule has 1 aromatic rings. The summed E-state index contributed by atoms with van der Waals surface area (Å²) in [5, 5.41) is 0. The molecule has 0 unspecified atom stereocenters. The first-order valence-electron chi connectivity index (χ1n) is 6.28. The van der Waals surface area contributed by atoms with Gasteiger partial charge in [-0.1, -0.05) is 12.2 Å². The van der Waals surface area contributed by atoms with Gasteiger partial charge in [0.1, 0.15) is 0 Å². The minimum Gasteiger partial charge on any atom is -0.465 e. The Labute approximate surface area is 112 Å². The highest BCUT2D eigenvalue weighted by Crippen LogP contribution is 2.24. The third kappa shape index (κ3) is 2.84. The van der Waals surface area contributed by atoms with Crippen molar-refractivity contribution in [1.29, 1.82) is 0 Å². The maximum atomic E-state index is 12.0. The quantitative estimate of drug-likeness (QED) is 0.605. The van der Waals surface area contributed by atoms with Gasteiger partial charge in [0.15, 0.2) is 0 Å². The zero-order chi connectivity index (χ0) is 13.8. The van der Waals surface area contributed by atoms with E-state index in [1.807, 2.05) is 25.1 Å². The van der Waals surface area contributed by atoms with Crippen molar-refractivity contribution in [2.45, 2.75) is 19.8 Å². The van der Waals surface area contributed by atoms with Gasteiger partial charge >= 0.3 is 5.97 Å². The maximum Gasteiger partial charge on any atom is 0.337 e. The van der Waals surface area contributed by atoms with E-state index >= 15 is 0 Å². The molecule has 2 rings (SSSR count). The highest BCUT2D eigenvalue weighted by Gasteiger charge is 2.18. The van der Waals surface area contributed by atoms with E-state index < -0.39 is 0 Å². The summed E-state index contributed by atoms with van der Waals surface area (Å²) in [4.78, 5) is 25.3. The molecule has 0 spiro atoms. The number of benzene rings is 1. The third-order valence-electron chi connectivity index (χ3n) is 3.19. The molecule has 0 atom stereocenters. The van der Waals surface area contributed by atoms with Crippen molar-refractivity contribution in [2.75, 3.05) is 18.6 Å². The molecule has 1 aliphatic rings. The number of amides is 1. The molecule has 0 radical (unpaired) electrons. The Morgan fingerprint density at radius 3 is 2.79 bits per heavy atom. The van der Waals surface area contributed by atoms with E-state index in [1.54, 1.807) is 17.0 Å². The molecular formula is C15H17NO3.